The number of ether oxygens (including phenoxy) is 1. The molecule has 0 heterocycles. The van der Waals surface area contributed by atoms with Gasteiger partial charge < -0.3 is 10.1 Å². The van der Waals surface area contributed by atoms with Crippen LogP contribution in [-0.2, 0) is 32.5 Å². The highest BCUT2D eigenvalue weighted by atomic mass is 35.5. The lowest BCUT2D eigenvalue weighted by atomic mass is 10.1. The molecule has 0 aliphatic heterocycles. The van der Waals surface area contributed by atoms with Crippen LogP contribution < -0.4 is 5.32 Å². The van der Waals surface area contributed by atoms with Gasteiger partial charge in [0.05, 0.1) is 11.5 Å². The lowest BCUT2D eigenvalue weighted by Gasteiger charge is -2.10. The van der Waals surface area contributed by atoms with Crippen molar-refractivity contribution in [3.8, 4) is 0 Å². The van der Waals surface area contributed by atoms with Gasteiger partial charge in [-0.05, 0) is 35.4 Å². The number of carbonyl (C=O) groups excluding carboxylic acids is 1. The molecule has 0 saturated heterocycles. The van der Waals surface area contributed by atoms with Crippen LogP contribution in [0.4, 0.5) is 0 Å². The SMILES string of the molecule is COCc1ccccc1CNC(=O)CS(=O)(=O)c1ccc(Cl)cc1. The highest BCUT2D eigenvalue weighted by Gasteiger charge is 2.19. The third kappa shape index (κ3) is 5.06. The molecule has 2 rings (SSSR count). The van der Waals surface area contributed by atoms with Crippen LogP contribution in [0, 0.1) is 0 Å². The Bertz CT molecular complexity index is 804. The first-order valence-corrected chi connectivity index (χ1v) is 9.26. The number of carbonyl (C=O) groups is 1. The Morgan fingerprint density at radius 1 is 1.08 bits per heavy atom. The summed E-state index contributed by atoms with van der Waals surface area (Å²) in [6.45, 7) is 0.670. The van der Waals surface area contributed by atoms with E-state index >= 15 is 0 Å². The van der Waals surface area contributed by atoms with Crippen LogP contribution in [0.3, 0.4) is 0 Å². The maximum atomic E-state index is 12.2. The average molecular weight is 368 g/mol. The first-order chi connectivity index (χ1) is 11.4. The summed E-state index contributed by atoms with van der Waals surface area (Å²) in [7, 11) is -2.11. The fraction of sp³-hybridized carbons (Fsp3) is 0.235. The quantitative estimate of drug-likeness (QED) is 0.816. The minimum atomic E-state index is -3.70. The van der Waals surface area contributed by atoms with Crippen molar-refractivity contribution in [2.24, 2.45) is 0 Å². The highest BCUT2D eigenvalue weighted by Crippen LogP contribution is 2.15. The van der Waals surface area contributed by atoms with E-state index in [1.165, 1.54) is 24.3 Å². The summed E-state index contributed by atoms with van der Waals surface area (Å²) >= 11 is 5.74. The van der Waals surface area contributed by atoms with Crippen molar-refractivity contribution < 1.29 is 17.9 Å². The molecule has 2 aromatic rings. The zero-order valence-electron chi connectivity index (χ0n) is 13.2. The van der Waals surface area contributed by atoms with Crippen LogP contribution in [-0.4, -0.2) is 27.2 Å². The monoisotopic (exact) mass is 367 g/mol. The van der Waals surface area contributed by atoms with E-state index < -0.39 is 21.5 Å². The molecule has 0 aromatic heterocycles. The summed E-state index contributed by atoms with van der Waals surface area (Å²) in [5.41, 5.74) is 1.83. The Balaban J connectivity index is 1.99. The van der Waals surface area contributed by atoms with Crippen molar-refractivity contribution >= 4 is 27.3 Å². The van der Waals surface area contributed by atoms with Gasteiger partial charge in [-0.3, -0.25) is 4.79 Å². The Hall–Kier alpha value is -1.89. The number of halogens is 1. The van der Waals surface area contributed by atoms with Gasteiger partial charge in [0.1, 0.15) is 5.75 Å². The molecule has 0 fully saturated rings. The van der Waals surface area contributed by atoms with E-state index in [1.807, 2.05) is 24.3 Å². The van der Waals surface area contributed by atoms with Crippen molar-refractivity contribution in [2.75, 3.05) is 12.9 Å². The molecule has 128 valence electrons. The van der Waals surface area contributed by atoms with Crippen molar-refractivity contribution in [3.05, 3.63) is 64.7 Å². The van der Waals surface area contributed by atoms with E-state index in [1.54, 1.807) is 7.11 Å². The summed E-state index contributed by atoms with van der Waals surface area (Å²) < 4.78 is 29.5. The fourth-order valence-corrected chi connectivity index (χ4v) is 3.46. The van der Waals surface area contributed by atoms with Gasteiger partial charge in [0.2, 0.25) is 5.91 Å². The molecular formula is C17H18ClNO4S. The molecule has 5 nitrogen and oxygen atoms in total. The zero-order chi connectivity index (χ0) is 17.6. The van der Waals surface area contributed by atoms with Crippen LogP contribution in [0.25, 0.3) is 0 Å². The summed E-state index contributed by atoms with van der Waals surface area (Å²) in [5, 5.41) is 3.07. The number of rotatable bonds is 7. The van der Waals surface area contributed by atoms with Crippen LogP contribution >= 0.6 is 11.6 Å². The number of nitrogens with one attached hydrogen (secondary N) is 1. The predicted molar refractivity (Wildman–Crippen MR) is 92.5 cm³/mol. The third-order valence-electron chi connectivity index (χ3n) is 3.39. The average Bonchev–Trinajstić information content (AvgIpc) is 2.54. The molecule has 0 aliphatic rings. The minimum Gasteiger partial charge on any atom is -0.380 e. The molecule has 0 bridgehead atoms. The third-order valence-corrected chi connectivity index (χ3v) is 5.27. The van der Waals surface area contributed by atoms with Crippen molar-refractivity contribution in [2.45, 2.75) is 18.0 Å². The number of hydrogen-bond donors (Lipinski definition) is 1. The highest BCUT2D eigenvalue weighted by molar-refractivity contribution is 7.92. The lowest BCUT2D eigenvalue weighted by molar-refractivity contribution is -0.118. The second kappa shape index (κ2) is 8.28. The van der Waals surface area contributed by atoms with Gasteiger partial charge in [-0.25, -0.2) is 8.42 Å². The molecule has 7 heteroatoms. The van der Waals surface area contributed by atoms with Gasteiger partial charge in [0.25, 0.3) is 0 Å². The summed E-state index contributed by atoms with van der Waals surface area (Å²) in [4.78, 5) is 12.1. The molecule has 1 N–H and O–H groups in total. The number of hydrogen-bond acceptors (Lipinski definition) is 4. The minimum absolute atomic E-state index is 0.0711. The van der Waals surface area contributed by atoms with E-state index in [0.29, 0.717) is 11.6 Å². The maximum Gasteiger partial charge on any atom is 0.235 e. The standard InChI is InChI=1S/C17H18ClNO4S/c1-23-11-14-5-3-2-4-13(14)10-19-17(20)12-24(21,22)16-8-6-15(18)7-9-16/h2-9H,10-12H2,1H3,(H,19,20). The van der Waals surface area contributed by atoms with Gasteiger partial charge in [-0.15, -0.1) is 0 Å². The molecule has 0 radical (unpaired) electrons. The van der Waals surface area contributed by atoms with Crippen LogP contribution in [0.1, 0.15) is 11.1 Å². The Labute approximate surface area is 146 Å². The van der Waals surface area contributed by atoms with Crippen molar-refractivity contribution in [1.82, 2.24) is 5.32 Å². The normalized spacial score (nSPS) is 11.2. The van der Waals surface area contributed by atoms with E-state index in [4.69, 9.17) is 16.3 Å². The lowest BCUT2D eigenvalue weighted by Crippen LogP contribution is -2.30. The first-order valence-electron chi connectivity index (χ1n) is 7.23. The van der Waals surface area contributed by atoms with Crippen LogP contribution in [0.2, 0.25) is 5.02 Å². The number of sulfone groups is 1. The second-order valence-corrected chi connectivity index (χ2v) is 7.62. The number of benzene rings is 2. The Morgan fingerprint density at radius 2 is 1.71 bits per heavy atom. The van der Waals surface area contributed by atoms with E-state index in [-0.39, 0.29) is 11.4 Å². The van der Waals surface area contributed by atoms with Gasteiger partial charge in [0, 0.05) is 18.7 Å². The largest absolute Gasteiger partial charge is 0.380 e. The van der Waals surface area contributed by atoms with Crippen molar-refractivity contribution in [3.63, 3.8) is 0 Å². The Morgan fingerprint density at radius 3 is 2.33 bits per heavy atom. The molecule has 0 unspecified atom stereocenters. The molecular weight excluding hydrogens is 350 g/mol. The molecule has 0 saturated carbocycles. The fourth-order valence-electron chi connectivity index (χ4n) is 2.17. The van der Waals surface area contributed by atoms with Gasteiger partial charge in [0.15, 0.2) is 9.84 Å². The van der Waals surface area contributed by atoms with Gasteiger partial charge >= 0.3 is 0 Å². The number of amides is 1. The molecule has 2 aromatic carbocycles. The zero-order valence-corrected chi connectivity index (χ0v) is 14.7. The van der Waals surface area contributed by atoms with E-state index in [0.717, 1.165) is 11.1 Å². The van der Waals surface area contributed by atoms with Gasteiger partial charge in [-0.1, -0.05) is 35.9 Å². The summed E-state index contributed by atoms with van der Waals surface area (Å²) in [6.07, 6.45) is 0. The van der Waals surface area contributed by atoms with E-state index in [2.05, 4.69) is 5.32 Å². The molecule has 24 heavy (non-hydrogen) atoms. The molecule has 0 spiro atoms. The predicted octanol–water partition coefficient (Wildman–Crippen LogP) is 2.58. The Kier molecular flexibility index (Phi) is 6.36. The van der Waals surface area contributed by atoms with Crippen molar-refractivity contribution in [1.29, 1.82) is 0 Å². The van der Waals surface area contributed by atoms with E-state index in [9.17, 15) is 13.2 Å². The maximum absolute atomic E-state index is 12.2. The topological polar surface area (TPSA) is 72.5 Å². The van der Waals surface area contributed by atoms with Crippen LogP contribution in [0.5, 0.6) is 0 Å². The molecule has 1 amide bonds. The smallest absolute Gasteiger partial charge is 0.235 e. The molecule has 0 atom stereocenters. The van der Waals surface area contributed by atoms with Crippen LogP contribution in [0.15, 0.2) is 53.4 Å². The second-order valence-electron chi connectivity index (χ2n) is 5.19. The summed E-state index contributed by atoms with van der Waals surface area (Å²) in [6, 6.07) is 13.2. The van der Waals surface area contributed by atoms with Gasteiger partial charge in [-0.2, -0.15) is 0 Å². The molecule has 0 aliphatic carbocycles. The summed E-state index contributed by atoms with van der Waals surface area (Å²) in [5.74, 6) is -1.17. The first kappa shape index (κ1) is 18.4. The number of methoxy groups -OCH3 is 1.